The van der Waals surface area contributed by atoms with Crippen LogP contribution >= 0.6 is 11.6 Å². The number of aromatic hydroxyl groups is 1. The van der Waals surface area contributed by atoms with Crippen molar-refractivity contribution in [1.82, 2.24) is 15.8 Å². The van der Waals surface area contributed by atoms with Crippen LogP contribution in [0.2, 0.25) is 5.02 Å². The number of carbonyl (C=O) groups is 1. The first-order valence-electron chi connectivity index (χ1n) is 9.07. The molecule has 7 heteroatoms. The van der Waals surface area contributed by atoms with Crippen LogP contribution in [-0.2, 0) is 4.79 Å². The Bertz CT molecular complexity index is 829. The molecule has 6 nitrogen and oxygen atoms in total. The topological polar surface area (TPSA) is 84.8 Å². The molecule has 4 rings (SSSR count). The normalized spacial score (nSPS) is 27.2. The van der Waals surface area contributed by atoms with Gasteiger partial charge in [-0.3, -0.25) is 4.79 Å². The number of rotatable bonds is 5. The van der Waals surface area contributed by atoms with Crippen LogP contribution in [-0.4, -0.2) is 40.2 Å². The molecule has 2 aromatic carbocycles. The zero-order chi connectivity index (χ0) is 19.0. The number of halogens is 1. The van der Waals surface area contributed by atoms with Gasteiger partial charge in [0.25, 0.3) is 0 Å². The van der Waals surface area contributed by atoms with E-state index in [-0.39, 0.29) is 36.3 Å². The Morgan fingerprint density at radius 1 is 1.04 bits per heavy atom. The lowest BCUT2D eigenvalue weighted by molar-refractivity contribution is -0.130. The molecule has 0 radical (unpaired) electrons. The number of carbonyl (C=O) groups excluding carboxylic acids is 1. The van der Waals surface area contributed by atoms with Gasteiger partial charge in [-0.25, -0.2) is 10.9 Å². The lowest BCUT2D eigenvalue weighted by Crippen LogP contribution is -2.41. The van der Waals surface area contributed by atoms with Crippen LogP contribution in [0.5, 0.6) is 5.75 Å². The average Bonchev–Trinajstić information content (AvgIpc) is 3.21. The van der Waals surface area contributed by atoms with E-state index in [1.54, 1.807) is 12.1 Å². The van der Waals surface area contributed by atoms with Gasteiger partial charge in [0, 0.05) is 29.7 Å². The summed E-state index contributed by atoms with van der Waals surface area (Å²) in [6, 6.07) is 13.9. The number of phenolic OH excluding ortho intramolecular Hbond substituents is 1. The molecule has 0 aromatic heterocycles. The highest BCUT2D eigenvalue weighted by atomic mass is 35.5. The molecule has 4 unspecified atom stereocenters. The zero-order valence-electron chi connectivity index (χ0n) is 14.7. The zero-order valence-corrected chi connectivity index (χ0v) is 15.4. The molecule has 2 aliphatic heterocycles. The summed E-state index contributed by atoms with van der Waals surface area (Å²) in [7, 11) is 0. The van der Waals surface area contributed by atoms with Crippen molar-refractivity contribution < 1.29 is 15.0 Å². The Balaban J connectivity index is 1.76. The number of amides is 1. The molecular formula is C20H22ClN3O3. The number of hydrogen-bond donors (Lipinski definition) is 4. The number of aliphatic hydroxyl groups is 1. The lowest BCUT2D eigenvalue weighted by Gasteiger charge is -2.31. The minimum absolute atomic E-state index is 0.00109. The van der Waals surface area contributed by atoms with Crippen molar-refractivity contribution in [3.63, 3.8) is 0 Å². The summed E-state index contributed by atoms with van der Waals surface area (Å²) in [4.78, 5) is 14.9. The first kappa shape index (κ1) is 18.3. The fraction of sp³-hybridized carbons (Fsp3) is 0.350. The third kappa shape index (κ3) is 3.19. The number of likely N-dealkylation sites (tertiary alicyclic amines) is 1. The minimum Gasteiger partial charge on any atom is -0.508 e. The highest BCUT2D eigenvalue weighted by molar-refractivity contribution is 6.30. The maximum Gasteiger partial charge on any atom is 0.242 e. The highest BCUT2D eigenvalue weighted by Crippen LogP contribution is 2.48. The highest BCUT2D eigenvalue weighted by Gasteiger charge is 2.55. The standard InChI is InChI=1S/C20H22ClN3O3/c21-13-8-6-12(7-9-13)19-16-17(14-4-1-2-5-15(14)26)22-23-18(16)20(27)24(19)10-3-11-25/h1-2,4-9,16-19,22-23,25-26H,3,10-11H2. The Morgan fingerprint density at radius 3 is 2.44 bits per heavy atom. The van der Waals surface area contributed by atoms with Crippen molar-refractivity contribution in [1.29, 1.82) is 0 Å². The summed E-state index contributed by atoms with van der Waals surface area (Å²) in [5, 5.41) is 20.2. The van der Waals surface area contributed by atoms with Crippen LogP contribution in [0.1, 0.15) is 29.6 Å². The molecule has 142 valence electrons. The monoisotopic (exact) mass is 387 g/mol. The molecule has 4 N–H and O–H groups in total. The molecule has 2 heterocycles. The predicted molar refractivity (Wildman–Crippen MR) is 102 cm³/mol. The molecular weight excluding hydrogens is 366 g/mol. The number of para-hydroxylation sites is 1. The molecule has 0 saturated carbocycles. The SMILES string of the molecule is O=C1C2NNC(c3ccccc3O)C2C(c2ccc(Cl)cc2)N1CCCO. The number of hydrogen-bond acceptors (Lipinski definition) is 5. The summed E-state index contributed by atoms with van der Waals surface area (Å²) >= 11 is 6.05. The Kier molecular flexibility index (Phi) is 5.06. The molecule has 2 saturated heterocycles. The molecule has 1 amide bonds. The second kappa shape index (κ2) is 7.48. The van der Waals surface area contributed by atoms with Gasteiger partial charge in [0.1, 0.15) is 11.8 Å². The molecule has 2 aliphatic rings. The predicted octanol–water partition coefficient (Wildman–Crippen LogP) is 2.15. The van der Waals surface area contributed by atoms with Crippen LogP contribution in [0.25, 0.3) is 0 Å². The molecule has 0 aliphatic carbocycles. The maximum absolute atomic E-state index is 13.1. The van der Waals surface area contributed by atoms with Crippen molar-refractivity contribution in [2.45, 2.75) is 24.5 Å². The van der Waals surface area contributed by atoms with Gasteiger partial charge in [0.05, 0.1) is 12.1 Å². The number of hydrazine groups is 1. The molecule has 0 spiro atoms. The molecule has 2 aromatic rings. The second-order valence-electron chi connectivity index (χ2n) is 6.99. The maximum atomic E-state index is 13.1. The summed E-state index contributed by atoms with van der Waals surface area (Å²) in [6.07, 6.45) is 0.518. The number of nitrogens with zero attached hydrogens (tertiary/aromatic N) is 1. The van der Waals surface area contributed by atoms with E-state index in [2.05, 4.69) is 10.9 Å². The largest absolute Gasteiger partial charge is 0.508 e. The van der Waals surface area contributed by atoms with Crippen LogP contribution < -0.4 is 10.9 Å². The van der Waals surface area contributed by atoms with Crippen molar-refractivity contribution in [2.24, 2.45) is 5.92 Å². The Morgan fingerprint density at radius 2 is 1.74 bits per heavy atom. The summed E-state index contributed by atoms with van der Waals surface area (Å²) in [6.45, 7) is 0.506. The molecule has 4 atom stereocenters. The quantitative estimate of drug-likeness (QED) is 0.631. The van der Waals surface area contributed by atoms with E-state index in [1.165, 1.54) is 0 Å². The number of nitrogens with one attached hydrogen (secondary N) is 2. The van der Waals surface area contributed by atoms with Gasteiger partial charge in [-0.2, -0.15) is 0 Å². The fourth-order valence-corrected chi connectivity index (χ4v) is 4.39. The van der Waals surface area contributed by atoms with E-state index in [0.29, 0.717) is 18.0 Å². The summed E-state index contributed by atoms with van der Waals surface area (Å²) < 4.78 is 0. The van der Waals surface area contributed by atoms with E-state index >= 15 is 0 Å². The van der Waals surface area contributed by atoms with Crippen molar-refractivity contribution >= 4 is 17.5 Å². The van der Waals surface area contributed by atoms with Crippen LogP contribution in [0.4, 0.5) is 0 Å². The van der Waals surface area contributed by atoms with E-state index in [1.807, 2.05) is 41.3 Å². The van der Waals surface area contributed by atoms with E-state index in [9.17, 15) is 15.0 Å². The van der Waals surface area contributed by atoms with Gasteiger partial charge in [0.2, 0.25) is 5.91 Å². The van der Waals surface area contributed by atoms with Crippen LogP contribution in [0.15, 0.2) is 48.5 Å². The lowest BCUT2D eigenvalue weighted by atomic mass is 9.83. The van der Waals surface area contributed by atoms with Gasteiger partial charge < -0.3 is 15.1 Å². The number of benzene rings is 2. The Labute approximate surface area is 162 Å². The first-order valence-corrected chi connectivity index (χ1v) is 9.45. The van der Waals surface area contributed by atoms with Gasteiger partial charge >= 0.3 is 0 Å². The van der Waals surface area contributed by atoms with Crippen molar-refractivity contribution in [3.05, 3.63) is 64.7 Å². The number of fused-ring (bicyclic) bond motifs is 1. The smallest absolute Gasteiger partial charge is 0.242 e. The summed E-state index contributed by atoms with van der Waals surface area (Å²) in [5.74, 6) is 0.0954. The van der Waals surface area contributed by atoms with Gasteiger partial charge in [0.15, 0.2) is 0 Å². The van der Waals surface area contributed by atoms with Crippen molar-refractivity contribution in [3.8, 4) is 5.75 Å². The van der Waals surface area contributed by atoms with E-state index in [0.717, 1.165) is 11.1 Å². The molecule has 27 heavy (non-hydrogen) atoms. The summed E-state index contributed by atoms with van der Waals surface area (Å²) in [5.41, 5.74) is 8.07. The number of aliphatic hydroxyl groups excluding tert-OH is 1. The minimum atomic E-state index is -0.394. The molecule has 0 bridgehead atoms. The van der Waals surface area contributed by atoms with Gasteiger partial charge in [-0.05, 0) is 30.2 Å². The van der Waals surface area contributed by atoms with Gasteiger partial charge in [-0.15, -0.1) is 0 Å². The second-order valence-corrected chi connectivity index (χ2v) is 7.42. The third-order valence-corrected chi connectivity index (χ3v) is 5.71. The van der Waals surface area contributed by atoms with Crippen molar-refractivity contribution in [2.75, 3.05) is 13.2 Å². The molecule has 2 fully saturated rings. The Hall–Kier alpha value is -2.12. The van der Waals surface area contributed by atoms with E-state index < -0.39 is 6.04 Å². The van der Waals surface area contributed by atoms with Gasteiger partial charge in [-0.1, -0.05) is 41.9 Å². The number of phenols is 1. The average molecular weight is 388 g/mol. The van der Waals surface area contributed by atoms with Crippen LogP contribution in [0, 0.1) is 5.92 Å². The fourth-order valence-electron chi connectivity index (χ4n) is 4.27. The van der Waals surface area contributed by atoms with E-state index in [4.69, 9.17) is 11.6 Å². The third-order valence-electron chi connectivity index (χ3n) is 5.45. The van der Waals surface area contributed by atoms with Crippen LogP contribution in [0.3, 0.4) is 0 Å². The first-order chi connectivity index (χ1) is 13.1.